The third-order valence-corrected chi connectivity index (χ3v) is 7.79. The largest absolute Gasteiger partial charge is 0.328 e. The fourth-order valence-electron chi connectivity index (χ4n) is 5.71. The van der Waals surface area contributed by atoms with Crippen molar-refractivity contribution in [2.45, 2.75) is 85.1 Å². The summed E-state index contributed by atoms with van der Waals surface area (Å²) in [6.45, 7) is 10.6. The van der Waals surface area contributed by atoms with E-state index in [1.165, 1.54) is 51.4 Å². The maximum atomic E-state index is 6.22. The minimum absolute atomic E-state index is 0.389. The zero-order valence-corrected chi connectivity index (χ0v) is 18.2. The lowest BCUT2D eigenvalue weighted by Crippen LogP contribution is -2.36. The highest BCUT2D eigenvalue weighted by atomic mass is 14.8. The lowest BCUT2D eigenvalue weighted by Gasteiger charge is -2.42. The second-order valence-corrected chi connectivity index (χ2v) is 9.94. The van der Waals surface area contributed by atoms with E-state index in [9.17, 15) is 0 Å². The molecule has 0 aromatic carbocycles. The van der Waals surface area contributed by atoms with Gasteiger partial charge in [0.15, 0.2) is 0 Å². The van der Waals surface area contributed by atoms with Gasteiger partial charge >= 0.3 is 0 Å². The Labute approximate surface area is 163 Å². The summed E-state index contributed by atoms with van der Waals surface area (Å²) >= 11 is 0. The third kappa shape index (κ3) is 6.37. The summed E-state index contributed by atoms with van der Waals surface area (Å²) in [5.74, 6) is 5.91. The van der Waals surface area contributed by atoms with Crippen molar-refractivity contribution in [2.24, 2.45) is 47.2 Å². The predicted molar refractivity (Wildman–Crippen MR) is 115 cm³/mol. The standard InChI is InChI=1S/C24H46N2/c1-17(19(3)16-26-5)8-6-9-21-12-13-24(18(2)14-21)23-11-7-10-22(15-23)20(4)25/h6,9,17-24,26H,7-8,10-16,25H2,1-5H3/b9-6-. The number of allylic oxidation sites excluding steroid dienone is 2. The minimum atomic E-state index is 0.389. The van der Waals surface area contributed by atoms with E-state index in [4.69, 9.17) is 5.73 Å². The Morgan fingerprint density at radius 1 is 1.04 bits per heavy atom. The monoisotopic (exact) mass is 362 g/mol. The molecule has 2 saturated carbocycles. The average molecular weight is 363 g/mol. The van der Waals surface area contributed by atoms with Crippen molar-refractivity contribution in [3.8, 4) is 0 Å². The summed E-state index contributed by atoms with van der Waals surface area (Å²) in [6, 6.07) is 0.389. The van der Waals surface area contributed by atoms with Gasteiger partial charge in [0.25, 0.3) is 0 Å². The quantitative estimate of drug-likeness (QED) is 0.549. The SMILES string of the molecule is CNCC(C)C(C)C/C=C\C1CCC(C2CCCC(C(C)N)C2)C(C)C1. The van der Waals surface area contributed by atoms with Gasteiger partial charge < -0.3 is 11.1 Å². The van der Waals surface area contributed by atoms with Gasteiger partial charge in [-0.25, -0.2) is 0 Å². The molecule has 0 radical (unpaired) electrons. The molecule has 2 aliphatic rings. The Morgan fingerprint density at radius 3 is 2.46 bits per heavy atom. The molecule has 152 valence electrons. The van der Waals surface area contributed by atoms with Crippen LogP contribution in [0.15, 0.2) is 12.2 Å². The highest BCUT2D eigenvalue weighted by molar-refractivity contribution is 4.95. The van der Waals surface area contributed by atoms with Crippen molar-refractivity contribution < 1.29 is 0 Å². The van der Waals surface area contributed by atoms with Crippen molar-refractivity contribution in [1.29, 1.82) is 0 Å². The van der Waals surface area contributed by atoms with Crippen LogP contribution in [-0.2, 0) is 0 Å². The van der Waals surface area contributed by atoms with E-state index in [-0.39, 0.29) is 0 Å². The minimum Gasteiger partial charge on any atom is -0.328 e. The van der Waals surface area contributed by atoms with Gasteiger partial charge in [-0.2, -0.15) is 0 Å². The van der Waals surface area contributed by atoms with Gasteiger partial charge in [0, 0.05) is 6.04 Å². The molecule has 8 atom stereocenters. The van der Waals surface area contributed by atoms with Crippen molar-refractivity contribution >= 4 is 0 Å². The highest BCUT2D eigenvalue weighted by Crippen LogP contribution is 2.45. The van der Waals surface area contributed by atoms with Gasteiger partial charge in [-0.1, -0.05) is 45.8 Å². The van der Waals surface area contributed by atoms with Crippen LogP contribution in [0.25, 0.3) is 0 Å². The lowest BCUT2D eigenvalue weighted by molar-refractivity contribution is 0.0965. The summed E-state index contributed by atoms with van der Waals surface area (Å²) in [7, 11) is 2.06. The van der Waals surface area contributed by atoms with Gasteiger partial charge in [-0.3, -0.25) is 0 Å². The molecule has 0 heterocycles. The number of rotatable bonds is 8. The first-order valence-corrected chi connectivity index (χ1v) is 11.5. The van der Waals surface area contributed by atoms with Crippen LogP contribution in [0.5, 0.6) is 0 Å². The van der Waals surface area contributed by atoms with Crippen molar-refractivity contribution in [1.82, 2.24) is 5.32 Å². The molecule has 0 spiro atoms. The molecule has 2 rings (SSSR count). The molecule has 8 unspecified atom stereocenters. The zero-order valence-electron chi connectivity index (χ0n) is 18.2. The van der Waals surface area contributed by atoms with E-state index in [2.05, 4.69) is 52.2 Å². The van der Waals surface area contributed by atoms with Crippen LogP contribution >= 0.6 is 0 Å². The molecule has 2 heteroatoms. The molecular weight excluding hydrogens is 316 g/mol. The summed E-state index contributed by atoms with van der Waals surface area (Å²) in [5.41, 5.74) is 6.22. The number of nitrogens with two attached hydrogens (primary N) is 1. The molecule has 3 N–H and O–H groups in total. The Bertz CT molecular complexity index is 416. The number of hydrogen-bond acceptors (Lipinski definition) is 2. The van der Waals surface area contributed by atoms with Crippen LogP contribution in [0.1, 0.15) is 79.1 Å². The first-order valence-electron chi connectivity index (χ1n) is 11.5. The van der Waals surface area contributed by atoms with Crippen molar-refractivity contribution in [3.05, 3.63) is 12.2 Å². The lowest BCUT2D eigenvalue weighted by atomic mass is 9.64. The summed E-state index contributed by atoms with van der Waals surface area (Å²) < 4.78 is 0. The molecule has 26 heavy (non-hydrogen) atoms. The first kappa shape index (κ1) is 22.0. The van der Waals surface area contributed by atoms with E-state index in [1.54, 1.807) is 0 Å². The van der Waals surface area contributed by atoms with Crippen LogP contribution in [-0.4, -0.2) is 19.6 Å². The van der Waals surface area contributed by atoms with Gasteiger partial charge in [-0.15, -0.1) is 0 Å². The van der Waals surface area contributed by atoms with Crippen LogP contribution in [0, 0.1) is 41.4 Å². The Morgan fingerprint density at radius 2 is 1.81 bits per heavy atom. The van der Waals surface area contributed by atoms with E-state index in [0.717, 1.165) is 48.0 Å². The Balaban J connectivity index is 1.78. The molecule has 0 aliphatic heterocycles. The Kier molecular flexibility index (Phi) is 9.17. The van der Waals surface area contributed by atoms with E-state index >= 15 is 0 Å². The fourth-order valence-corrected chi connectivity index (χ4v) is 5.71. The summed E-state index contributed by atoms with van der Waals surface area (Å²) in [5, 5.41) is 3.31. The first-order chi connectivity index (χ1) is 12.4. The van der Waals surface area contributed by atoms with Crippen LogP contribution in [0.2, 0.25) is 0 Å². The number of nitrogens with one attached hydrogen (secondary N) is 1. The highest BCUT2D eigenvalue weighted by Gasteiger charge is 2.35. The van der Waals surface area contributed by atoms with Gasteiger partial charge in [0.1, 0.15) is 0 Å². The number of hydrogen-bond donors (Lipinski definition) is 2. The molecule has 0 amide bonds. The predicted octanol–water partition coefficient (Wildman–Crippen LogP) is 5.63. The Hall–Kier alpha value is -0.340. The average Bonchev–Trinajstić information content (AvgIpc) is 2.62. The van der Waals surface area contributed by atoms with Crippen LogP contribution < -0.4 is 11.1 Å². The summed E-state index contributed by atoms with van der Waals surface area (Å²) in [4.78, 5) is 0. The fraction of sp³-hybridized carbons (Fsp3) is 0.917. The second kappa shape index (κ2) is 10.9. The molecule has 2 aliphatic carbocycles. The van der Waals surface area contributed by atoms with E-state index in [1.807, 2.05) is 0 Å². The third-order valence-electron chi connectivity index (χ3n) is 7.79. The second-order valence-electron chi connectivity index (χ2n) is 9.94. The zero-order chi connectivity index (χ0) is 19.1. The van der Waals surface area contributed by atoms with Crippen molar-refractivity contribution in [3.63, 3.8) is 0 Å². The van der Waals surface area contributed by atoms with Crippen molar-refractivity contribution in [2.75, 3.05) is 13.6 Å². The molecule has 2 nitrogen and oxygen atoms in total. The molecular formula is C24H46N2. The van der Waals surface area contributed by atoms with Gasteiger partial charge in [0.2, 0.25) is 0 Å². The molecule has 0 aromatic rings. The van der Waals surface area contributed by atoms with E-state index in [0.29, 0.717) is 6.04 Å². The molecule has 2 fully saturated rings. The normalized spacial score (nSPS) is 36.8. The van der Waals surface area contributed by atoms with Crippen LogP contribution in [0.4, 0.5) is 0 Å². The molecule has 0 saturated heterocycles. The molecule has 0 bridgehead atoms. The van der Waals surface area contributed by atoms with Gasteiger partial charge in [-0.05, 0) is 100 Å². The van der Waals surface area contributed by atoms with Gasteiger partial charge in [0.05, 0.1) is 0 Å². The van der Waals surface area contributed by atoms with Crippen LogP contribution in [0.3, 0.4) is 0 Å². The van der Waals surface area contributed by atoms with E-state index < -0.39 is 0 Å². The summed E-state index contributed by atoms with van der Waals surface area (Å²) in [6.07, 6.45) is 16.2. The maximum Gasteiger partial charge on any atom is 0.00388 e. The molecule has 0 aromatic heterocycles. The smallest absolute Gasteiger partial charge is 0.00388 e. The topological polar surface area (TPSA) is 38.0 Å². The maximum absolute atomic E-state index is 6.22.